The van der Waals surface area contributed by atoms with E-state index in [1.807, 2.05) is 24.6 Å². The zero-order valence-electron chi connectivity index (χ0n) is 12.6. The highest BCUT2D eigenvalue weighted by Crippen LogP contribution is 2.33. The molecule has 0 fully saturated rings. The third-order valence-corrected chi connectivity index (χ3v) is 3.72. The SMILES string of the molecule is CC(C)c1cc(C(=O)O)cc2c(C(C)O)cn(CCN)c12. The van der Waals surface area contributed by atoms with Gasteiger partial charge in [0.15, 0.2) is 0 Å². The Bertz CT molecular complexity index is 672. The Kier molecular flexibility index (Phi) is 4.34. The fourth-order valence-electron chi connectivity index (χ4n) is 2.71. The van der Waals surface area contributed by atoms with Crippen molar-refractivity contribution in [2.75, 3.05) is 6.54 Å². The molecule has 0 radical (unpaired) electrons. The van der Waals surface area contributed by atoms with Gasteiger partial charge >= 0.3 is 5.97 Å². The number of nitrogens with zero attached hydrogens (tertiary/aromatic N) is 1. The van der Waals surface area contributed by atoms with Crippen LogP contribution in [0, 0.1) is 0 Å². The van der Waals surface area contributed by atoms with E-state index in [-0.39, 0.29) is 11.5 Å². The van der Waals surface area contributed by atoms with Gasteiger partial charge in [-0.1, -0.05) is 13.8 Å². The van der Waals surface area contributed by atoms with Crippen LogP contribution in [0.15, 0.2) is 18.3 Å². The lowest BCUT2D eigenvalue weighted by atomic mass is 9.95. The van der Waals surface area contributed by atoms with Crippen LogP contribution < -0.4 is 5.73 Å². The van der Waals surface area contributed by atoms with E-state index in [1.54, 1.807) is 19.1 Å². The Hall–Kier alpha value is -1.85. The molecule has 2 rings (SSSR count). The minimum Gasteiger partial charge on any atom is -0.478 e. The summed E-state index contributed by atoms with van der Waals surface area (Å²) >= 11 is 0. The van der Waals surface area contributed by atoms with Crippen LogP contribution in [-0.4, -0.2) is 27.3 Å². The molecule has 0 amide bonds. The molecule has 114 valence electrons. The number of hydrogen-bond acceptors (Lipinski definition) is 3. The summed E-state index contributed by atoms with van der Waals surface area (Å²) in [5.41, 5.74) is 8.58. The number of aromatic carboxylic acids is 1. The Morgan fingerprint density at radius 3 is 2.43 bits per heavy atom. The van der Waals surface area contributed by atoms with Gasteiger partial charge in [-0.05, 0) is 30.5 Å². The maximum absolute atomic E-state index is 11.3. The highest BCUT2D eigenvalue weighted by molar-refractivity contribution is 5.97. The van der Waals surface area contributed by atoms with Crippen molar-refractivity contribution < 1.29 is 15.0 Å². The fraction of sp³-hybridized carbons (Fsp3) is 0.438. The molecule has 21 heavy (non-hydrogen) atoms. The van der Waals surface area contributed by atoms with Crippen LogP contribution in [0.4, 0.5) is 0 Å². The topological polar surface area (TPSA) is 88.5 Å². The van der Waals surface area contributed by atoms with Crippen LogP contribution in [0.2, 0.25) is 0 Å². The molecule has 5 heteroatoms. The number of fused-ring (bicyclic) bond motifs is 1. The third-order valence-electron chi connectivity index (χ3n) is 3.72. The highest BCUT2D eigenvalue weighted by Gasteiger charge is 2.19. The molecule has 0 bridgehead atoms. The fourth-order valence-corrected chi connectivity index (χ4v) is 2.71. The molecule has 1 unspecified atom stereocenters. The molecule has 1 heterocycles. The summed E-state index contributed by atoms with van der Waals surface area (Å²) in [7, 11) is 0. The van der Waals surface area contributed by atoms with E-state index in [2.05, 4.69) is 0 Å². The summed E-state index contributed by atoms with van der Waals surface area (Å²) in [6.07, 6.45) is 1.22. The van der Waals surface area contributed by atoms with Gasteiger partial charge in [-0.15, -0.1) is 0 Å². The van der Waals surface area contributed by atoms with Crippen molar-refractivity contribution in [1.29, 1.82) is 0 Å². The number of aliphatic hydroxyl groups is 1. The van der Waals surface area contributed by atoms with Gasteiger partial charge in [-0.25, -0.2) is 4.79 Å². The predicted molar refractivity (Wildman–Crippen MR) is 82.7 cm³/mol. The summed E-state index contributed by atoms with van der Waals surface area (Å²) in [6, 6.07) is 3.35. The Morgan fingerprint density at radius 2 is 1.95 bits per heavy atom. The number of hydrogen-bond donors (Lipinski definition) is 3. The predicted octanol–water partition coefficient (Wildman–Crippen LogP) is 2.47. The Labute approximate surface area is 124 Å². The second-order valence-corrected chi connectivity index (χ2v) is 5.66. The van der Waals surface area contributed by atoms with Gasteiger partial charge in [-0.2, -0.15) is 0 Å². The van der Waals surface area contributed by atoms with Gasteiger partial charge in [0, 0.05) is 30.2 Å². The number of benzene rings is 1. The van der Waals surface area contributed by atoms with Crippen molar-refractivity contribution in [2.24, 2.45) is 5.73 Å². The van der Waals surface area contributed by atoms with E-state index >= 15 is 0 Å². The highest BCUT2D eigenvalue weighted by atomic mass is 16.4. The van der Waals surface area contributed by atoms with Gasteiger partial charge < -0.3 is 20.5 Å². The maximum Gasteiger partial charge on any atom is 0.335 e. The van der Waals surface area contributed by atoms with Gasteiger partial charge in [0.25, 0.3) is 0 Å². The minimum absolute atomic E-state index is 0.181. The normalized spacial score (nSPS) is 13.0. The van der Waals surface area contributed by atoms with Crippen LogP contribution >= 0.6 is 0 Å². The van der Waals surface area contributed by atoms with E-state index in [4.69, 9.17) is 5.73 Å². The van der Waals surface area contributed by atoms with Crippen LogP contribution in [0.25, 0.3) is 10.9 Å². The summed E-state index contributed by atoms with van der Waals surface area (Å²) in [6.45, 7) is 6.87. The van der Waals surface area contributed by atoms with E-state index < -0.39 is 12.1 Å². The zero-order chi connectivity index (χ0) is 15.7. The number of carboxylic acid groups (broad SMARTS) is 1. The van der Waals surface area contributed by atoms with Crippen LogP contribution in [0.3, 0.4) is 0 Å². The third kappa shape index (κ3) is 2.80. The van der Waals surface area contributed by atoms with Crippen molar-refractivity contribution in [1.82, 2.24) is 4.57 Å². The molecule has 0 saturated carbocycles. The van der Waals surface area contributed by atoms with E-state index in [0.717, 1.165) is 22.0 Å². The van der Waals surface area contributed by atoms with Gasteiger partial charge in [-0.3, -0.25) is 0 Å². The molecule has 0 aliphatic carbocycles. The number of rotatable bonds is 5. The lowest BCUT2D eigenvalue weighted by Gasteiger charge is -2.13. The average Bonchev–Trinajstić information content (AvgIpc) is 2.77. The number of aromatic nitrogens is 1. The van der Waals surface area contributed by atoms with E-state index in [0.29, 0.717) is 13.1 Å². The summed E-state index contributed by atoms with van der Waals surface area (Å²) < 4.78 is 2.01. The summed E-state index contributed by atoms with van der Waals surface area (Å²) in [5.74, 6) is -0.776. The molecular formula is C16H22N2O3. The molecular weight excluding hydrogens is 268 g/mol. The number of carboxylic acids is 1. The van der Waals surface area contributed by atoms with Crippen molar-refractivity contribution in [3.8, 4) is 0 Å². The van der Waals surface area contributed by atoms with Crippen molar-refractivity contribution in [3.05, 3.63) is 35.0 Å². The molecule has 1 aromatic heterocycles. The lowest BCUT2D eigenvalue weighted by molar-refractivity contribution is 0.0697. The largest absolute Gasteiger partial charge is 0.478 e. The second kappa shape index (κ2) is 5.87. The number of aliphatic hydroxyl groups excluding tert-OH is 1. The van der Waals surface area contributed by atoms with Crippen LogP contribution in [0.1, 0.15) is 54.3 Å². The smallest absolute Gasteiger partial charge is 0.335 e. The van der Waals surface area contributed by atoms with Crippen molar-refractivity contribution >= 4 is 16.9 Å². The first-order valence-electron chi connectivity index (χ1n) is 7.14. The standard InChI is InChI=1S/C16H22N2O3/c1-9(2)12-6-11(16(20)21)7-13-14(10(3)19)8-18(5-4-17)15(12)13/h6-10,19H,4-5,17H2,1-3H3,(H,20,21). The van der Waals surface area contributed by atoms with Crippen molar-refractivity contribution in [2.45, 2.75) is 39.3 Å². The first-order valence-corrected chi connectivity index (χ1v) is 7.14. The van der Waals surface area contributed by atoms with Crippen LogP contribution in [0.5, 0.6) is 0 Å². The first-order chi connectivity index (χ1) is 9.86. The zero-order valence-corrected chi connectivity index (χ0v) is 12.6. The number of nitrogens with two attached hydrogens (primary N) is 1. The molecule has 0 aliphatic heterocycles. The second-order valence-electron chi connectivity index (χ2n) is 5.66. The molecule has 1 aromatic carbocycles. The molecule has 1 atom stereocenters. The van der Waals surface area contributed by atoms with E-state index in [1.165, 1.54) is 0 Å². The number of carbonyl (C=O) groups is 1. The van der Waals surface area contributed by atoms with Crippen molar-refractivity contribution in [3.63, 3.8) is 0 Å². The average molecular weight is 290 g/mol. The van der Waals surface area contributed by atoms with Gasteiger partial charge in [0.05, 0.1) is 17.2 Å². The monoisotopic (exact) mass is 290 g/mol. The van der Waals surface area contributed by atoms with Crippen LogP contribution in [-0.2, 0) is 6.54 Å². The quantitative estimate of drug-likeness (QED) is 0.789. The Morgan fingerprint density at radius 1 is 1.29 bits per heavy atom. The molecule has 0 spiro atoms. The molecule has 4 N–H and O–H groups in total. The van der Waals surface area contributed by atoms with Gasteiger partial charge in [0.1, 0.15) is 0 Å². The molecule has 2 aromatic rings. The molecule has 5 nitrogen and oxygen atoms in total. The molecule has 0 aliphatic rings. The summed E-state index contributed by atoms with van der Waals surface area (Å²) in [4.78, 5) is 11.3. The lowest BCUT2D eigenvalue weighted by Crippen LogP contribution is -2.10. The van der Waals surface area contributed by atoms with Gasteiger partial charge in [0.2, 0.25) is 0 Å². The minimum atomic E-state index is -0.957. The first kappa shape index (κ1) is 15.5. The summed E-state index contributed by atoms with van der Waals surface area (Å²) in [5, 5.41) is 20.1. The van der Waals surface area contributed by atoms with E-state index in [9.17, 15) is 15.0 Å². The molecule has 0 saturated heterocycles. The maximum atomic E-state index is 11.3. The Balaban J connectivity index is 2.86.